The van der Waals surface area contributed by atoms with Crippen LogP contribution in [0.15, 0.2) is 78.9 Å². The minimum atomic E-state index is -1.14. The van der Waals surface area contributed by atoms with Crippen LogP contribution in [0.5, 0.6) is 0 Å². The van der Waals surface area contributed by atoms with Crippen LogP contribution < -0.4 is 0 Å². The van der Waals surface area contributed by atoms with E-state index in [2.05, 4.69) is 11.9 Å². The number of carbonyl (C=O) groups is 2. The molecule has 1 heterocycles. The summed E-state index contributed by atoms with van der Waals surface area (Å²) >= 11 is 13.0. The summed E-state index contributed by atoms with van der Waals surface area (Å²) in [6.45, 7) is 4.01. The maximum absolute atomic E-state index is 13.4. The molecule has 0 aliphatic heterocycles. The molecular formula is C33H28Cl2N2O3. The zero-order valence-electron chi connectivity index (χ0n) is 22.2. The van der Waals surface area contributed by atoms with Crippen molar-refractivity contribution in [2.45, 2.75) is 39.0 Å². The Morgan fingerprint density at radius 3 is 2.42 bits per heavy atom. The maximum Gasteiger partial charge on any atom is 0.336 e. The van der Waals surface area contributed by atoms with Crippen LogP contribution in [-0.4, -0.2) is 26.8 Å². The van der Waals surface area contributed by atoms with Gasteiger partial charge in [-0.25, -0.2) is 9.78 Å². The number of fused-ring (bicyclic) bond motifs is 1. The minimum Gasteiger partial charge on any atom is -0.478 e. The van der Waals surface area contributed by atoms with Gasteiger partial charge < -0.3 is 10.1 Å². The fourth-order valence-electron chi connectivity index (χ4n) is 5.18. The number of aromatic amines is 1. The second-order valence-corrected chi connectivity index (χ2v) is 10.8. The van der Waals surface area contributed by atoms with Crippen molar-refractivity contribution < 1.29 is 14.7 Å². The van der Waals surface area contributed by atoms with E-state index in [1.807, 2.05) is 49.4 Å². The van der Waals surface area contributed by atoms with Crippen molar-refractivity contribution in [3.8, 4) is 22.5 Å². The molecule has 40 heavy (non-hydrogen) atoms. The molecule has 0 saturated carbocycles. The van der Waals surface area contributed by atoms with Crippen molar-refractivity contribution in [3.63, 3.8) is 0 Å². The largest absolute Gasteiger partial charge is 0.478 e. The Kier molecular flexibility index (Phi) is 8.06. The predicted octanol–water partition coefficient (Wildman–Crippen LogP) is 9.37. The summed E-state index contributed by atoms with van der Waals surface area (Å²) < 4.78 is 0. The Morgan fingerprint density at radius 2 is 1.70 bits per heavy atom. The maximum atomic E-state index is 13.4. The fourth-order valence-corrected chi connectivity index (χ4v) is 5.61. The zero-order chi connectivity index (χ0) is 28.4. The monoisotopic (exact) mass is 570 g/mol. The lowest BCUT2D eigenvalue weighted by Crippen LogP contribution is -2.10. The van der Waals surface area contributed by atoms with Crippen LogP contribution >= 0.6 is 23.2 Å². The molecule has 0 radical (unpaired) electrons. The van der Waals surface area contributed by atoms with Gasteiger partial charge in [0, 0.05) is 33.2 Å². The average molecular weight is 572 g/mol. The van der Waals surface area contributed by atoms with Crippen molar-refractivity contribution >= 4 is 46.0 Å². The first kappa shape index (κ1) is 27.6. The van der Waals surface area contributed by atoms with Gasteiger partial charge in [-0.2, -0.15) is 0 Å². The molecule has 0 fully saturated rings. The van der Waals surface area contributed by atoms with Crippen LogP contribution in [0, 0.1) is 6.92 Å². The summed E-state index contributed by atoms with van der Waals surface area (Å²) in [5.74, 6) is -0.640. The van der Waals surface area contributed by atoms with Gasteiger partial charge in [0.1, 0.15) is 5.82 Å². The molecule has 202 valence electrons. The molecule has 5 rings (SSSR count). The molecule has 0 aliphatic carbocycles. The highest BCUT2D eigenvalue weighted by Gasteiger charge is 2.23. The molecule has 2 N–H and O–H groups in total. The number of halogens is 2. The number of benzene rings is 4. The Hall–Kier alpha value is -3.93. The number of hydrogen-bond donors (Lipinski definition) is 2. The third-order valence-electron chi connectivity index (χ3n) is 7.21. The lowest BCUT2D eigenvalue weighted by Gasteiger charge is -2.17. The number of Topliss-reactive ketones (excluding diaryl/α,β-unsaturated/α-hetero) is 1. The van der Waals surface area contributed by atoms with Crippen LogP contribution in [0.3, 0.4) is 0 Å². The highest BCUT2D eigenvalue weighted by molar-refractivity contribution is 6.34. The number of carbonyl (C=O) groups excluding carboxylic acids is 1. The van der Waals surface area contributed by atoms with Gasteiger partial charge in [-0.3, -0.25) is 4.79 Å². The first-order valence-electron chi connectivity index (χ1n) is 13.2. The second-order valence-electron chi connectivity index (χ2n) is 9.96. The van der Waals surface area contributed by atoms with E-state index in [0.29, 0.717) is 50.1 Å². The molecule has 7 heteroatoms. The quantitative estimate of drug-likeness (QED) is 0.173. The summed E-state index contributed by atoms with van der Waals surface area (Å²) in [6, 6.07) is 23.8. The average Bonchev–Trinajstić information content (AvgIpc) is 3.35. The van der Waals surface area contributed by atoms with Crippen molar-refractivity contribution in [2.75, 3.05) is 0 Å². The molecule has 5 nitrogen and oxygen atoms in total. The molecule has 0 saturated heterocycles. The number of hydrogen-bond acceptors (Lipinski definition) is 3. The van der Waals surface area contributed by atoms with Gasteiger partial charge in [-0.05, 0) is 60.2 Å². The summed E-state index contributed by atoms with van der Waals surface area (Å²) in [6.07, 6.45) is 2.11. The van der Waals surface area contributed by atoms with E-state index < -0.39 is 5.97 Å². The first-order valence-corrected chi connectivity index (χ1v) is 13.9. The van der Waals surface area contributed by atoms with Crippen molar-refractivity contribution in [2.24, 2.45) is 0 Å². The van der Waals surface area contributed by atoms with Crippen molar-refractivity contribution in [1.29, 1.82) is 0 Å². The van der Waals surface area contributed by atoms with Crippen LogP contribution in [0.2, 0.25) is 10.0 Å². The van der Waals surface area contributed by atoms with E-state index in [1.54, 1.807) is 30.3 Å². The molecule has 0 amide bonds. The third kappa shape index (κ3) is 5.53. The molecule has 1 atom stereocenters. The Balaban J connectivity index is 1.56. The molecule has 1 aromatic heterocycles. The minimum absolute atomic E-state index is 0.00181. The SMILES string of the molecule is CCC[C@@H](CC(=O)c1ccc(-c2c(Cl)cccc2-c2nc3cc(Cl)c(C)cc3[nH]2)c(C(=O)O)c1)c1ccccc1. The van der Waals surface area contributed by atoms with E-state index in [1.165, 1.54) is 6.07 Å². The van der Waals surface area contributed by atoms with Crippen molar-refractivity contribution in [3.05, 3.63) is 111 Å². The van der Waals surface area contributed by atoms with Crippen LogP contribution in [0.1, 0.15) is 63.9 Å². The normalized spacial score (nSPS) is 12.0. The number of nitrogens with one attached hydrogen (secondary N) is 1. The number of rotatable bonds is 9. The van der Waals surface area contributed by atoms with E-state index in [-0.39, 0.29) is 17.3 Å². The highest BCUT2D eigenvalue weighted by Crippen LogP contribution is 2.40. The van der Waals surface area contributed by atoms with E-state index in [4.69, 9.17) is 28.2 Å². The van der Waals surface area contributed by atoms with Crippen LogP contribution in [0.25, 0.3) is 33.5 Å². The Morgan fingerprint density at radius 1 is 0.925 bits per heavy atom. The molecular weight excluding hydrogens is 543 g/mol. The summed E-state index contributed by atoms with van der Waals surface area (Å²) in [5, 5.41) is 11.2. The topological polar surface area (TPSA) is 83.0 Å². The molecule has 0 bridgehead atoms. The first-order chi connectivity index (χ1) is 19.3. The molecule has 4 aromatic carbocycles. The predicted molar refractivity (Wildman–Crippen MR) is 162 cm³/mol. The Bertz CT molecular complexity index is 1690. The molecule has 5 aromatic rings. The number of ketones is 1. The van der Waals surface area contributed by atoms with Crippen LogP contribution in [-0.2, 0) is 0 Å². The van der Waals surface area contributed by atoms with Gasteiger partial charge in [0.15, 0.2) is 5.78 Å². The van der Waals surface area contributed by atoms with Gasteiger partial charge in [0.05, 0.1) is 16.6 Å². The van der Waals surface area contributed by atoms with Gasteiger partial charge >= 0.3 is 5.97 Å². The lowest BCUT2D eigenvalue weighted by atomic mass is 9.87. The standard InChI is InChI=1S/C33H28Cl2N2O3/c1-3-8-21(20-9-5-4-6-10-20)17-30(38)22-13-14-23(25(16-22)33(39)40)31-24(11-7-12-26(31)34)32-36-28-15-19(2)27(35)18-29(28)37-32/h4-7,9-16,18,21H,3,8,17H2,1-2H3,(H,36,37)(H,39,40)/t21-/m0/s1. The molecule has 0 aliphatic rings. The number of nitrogens with zero attached hydrogens (tertiary/aromatic N) is 1. The molecule has 0 spiro atoms. The number of aromatic carboxylic acids is 1. The van der Waals surface area contributed by atoms with Crippen LogP contribution in [0.4, 0.5) is 0 Å². The summed E-state index contributed by atoms with van der Waals surface area (Å²) in [5.41, 5.74) is 5.46. The van der Waals surface area contributed by atoms with Crippen molar-refractivity contribution in [1.82, 2.24) is 9.97 Å². The smallest absolute Gasteiger partial charge is 0.336 e. The van der Waals surface area contributed by atoms with E-state index >= 15 is 0 Å². The van der Waals surface area contributed by atoms with Gasteiger partial charge in [0.2, 0.25) is 0 Å². The van der Waals surface area contributed by atoms with E-state index in [9.17, 15) is 14.7 Å². The number of aryl methyl sites for hydroxylation is 1. The molecule has 0 unspecified atom stereocenters. The van der Waals surface area contributed by atoms with E-state index in [0.717, 1.165) is 29.5 Å². The summed E-state index contributed by atoms with van der Waals surface area (Å²) in [4.78, 5) is 33.9. The highest BCUT2D eigenvalue weighted by atomic mass is 35.5. The zero-order valence-corrected chi connectivity index (χ0v) is 23.7. The Labute approximate surface area is 242 Å². The number of aromatic nitrogens is 2. The summed E-state index contributed by atoms with van der Waals surface area (Å²) in [7, 11) is 0. The van der Waals surface area contributed by atoms with Gasteiger partial charge in [-0.15, -0.1) is 0 Å². The number of imidazole rings is 1. The lowest BCUT2D eigenvalue weighted by molar-refractivity contribution is 0.0697. The van der Waals surface area contributed by atoms with Gasteiger partial charge in [-0.1, -0.05) is 91.1 Å². The number of carboxylic acid groups (broad SMARTS) is 1. The fraction of sp³-hybridized carbons (Fsp3) is 0.182. The third-order valence-corrected chi connectivity index (χ3v) is 7.93. The van der Waals surface area contributed by atoms with Gasteiger partial charge in [0.25, 0.3) is 0 Å². The number of carboxylic acids is 1. The second kappa shape index (κ2) is 11.7. The number of H-pyrrole nitrogens is 1.